The summed E-state index contributed by atoms with van der Waals surface area (Å²) in [4.78, 5) is 11.8. The molecule has 0 amide bonds. The first kappa shape index (κ1) is 12.2. The van der Waals surface area contributed by atoms with Crippen LogP contribution >= 0.6 is 0 Å². The largest absolute Gasteiger partial charge is 0.461 e. The number of ether oxygens (including phenoxy) is 1. The van der Waals surface area contributed by atoms with E-state index in [2.05, 4.69) is 19.9 Å². The van der Waals surface area contributed by atoms with Gasteiger partial charge in [0.15, 0.2) is 0 Å². The van der Waals surface area contributed by atoms with Crippen LogP contribution in [0.1, 0.15) is 40.0 Å². The minimum atomic E-state index is -0.315. The van der Waals surface area contributed by atoms with Gasteiger partial charge in [-0.3, -0.25) is 4.79 Å². The van der Waals surface area contributed by atoms with Crippen LogP contribution in [0.2, 0.25) is 0 Å². The van der Waals surface area contributed by atoms with E-state index in [1.165, 1.54) is 5.57 Å². The molecular formula is C15H22O3. The van der Waals surface area contributed by atoms with E-state index in [0.717, 1.165) is 12.8 Å². The zero-order chi connectivity index (χ0) is 13.1. The van der Waals surface area contributed by atoms with E-state index in [1.54, 1.807) is 0 Å². The number of allylic oxidation sites excluding steroid dienone is 1. The number of aliphatic hydroxyl groups is 1. The average Bonchev–Trinajstić information content (AvgIpc) is 2.57. The molecule has 0 aromatic rings. The zero-order valence-corrected chi connectivity index (χ0v) is 11.3. The number of fused-ring (bicyclic) bond motifs is 3. The van der Waals surface area contributed by atoms with Gasteiger partial charge >= 0.3 is 5.97 Å². The third-order valence-corrected chi connectivity index (χ3v) is 5.62. The van der Waals surface area contributed by atoms with Crippen molar-refractivity contribution in [1.82, 2.24) is 0 Å². The molecule has 0 aromatic carbocycles. The minimum absolute atomic E-state index is 0.0163. The second-order valence-electron chi connectivity index (χ2n) is 6.58. The molecule has 0 spiro atoms. The molecule has 1 heterocycles. The maximum absolute atomic E-state index is 11.8. The molecule has 1 N–H and O–H groups in total. The van der Waals surface area contributed by atoms with Crippen LogP contribution in [0.4, 0.5) is 0 Å². The monoisotopic (exact) mass is 250 g/mol. The van der Waals surface area contributed by atoms with Crippen LogP contribution in [0.25, 0.3) is 0 Å². The molecule has 100 valence electrons. The molecule has 3 rings (SSSR count). The molecule has 18 heavy (non-hydrogen) atoms. The van der Waals surface area contributed by atoms with Crippen LogP contribution in [-0.2, 0) is 9.53 Å². The van der Waals surface area contributed by atoms with Gasteiger partial charge in [-0.1, -0.05) is 25.5 Å². The van der Waals surface area contributed by atoms with Crippen LogP contribution in [-0.4, -0.2) is 23.3 Å². The summed E-state index contributed by atoms with van der Waals surface area (Å²) in [5.74, 6) is 0.240. The molecule has 3 aliphatic rings. The number of carbonyl (C=O) groups excluding carboxylic acids is 1. The van der Waals surface area contributed by atoms with Crippen molar-refractivity contribution in [3.05, 3.63) is 11.6 Å². The number of hydrogen-bond donors (Lipinski definition) is 1. The Morgan fingerprint density at radius 3 is 2.94 bits per heavy atom. The molecule has 1 saturated heterocycles. The Bertz CT molecular complexity index is 414. The maximum atomic E-state index is 11.8. The summed E-state index contributed by atoms with van der Waals surface area (Å²) in [6, 6.07) is 0. The van der Waals surface area contributed by atoms with E-state index >= 15 is 0 Å². The van der Waals surface area contributed by atoms with E-state index in [4.69, 9.17) is 4.74 Å². The smallest absolute Gasteiger partial charge is 0.309 e. The van der Waals surface area contributed by atoms with Gasteiger partial charge < -0.3 is 9.84 Å². The van der Waals surface area contributed by atoms with Crippen LogP contribution in [0.3, 0.4) is 0 Å². The van der Waals surface area contributed by atoms with E-state index in [0.29, 0.717) is 6.42 Å². The zero-order valence-electron chi connectivity index (χ0n) is 11.3. The summed E-state index contributed by atoms with van der Waals surface area (Å²) in [5.41, 5.74) is 1.17. The van der Waals surface area contributed by atoms with Gasteiger partial charge in [0, 0.05) is 17.3 Å². The molecule has 3 nitrogen and oxygen atoms in total. The molecular weight excluding hydrogens is 228 g/mol. The normalized spacial score (nSPS) is 51.2. The lowest BCUT2D eigenvalue weighted by molar-refractivity contribution is -0.152. The predicted octanol–water partition coefficient (Wildman–Crippen LogP) is 2.29. The molecule has 2 fully saturated rings. The Hall–Kier alpha value is -0.830. The highest BCUT2D eigenvalue weighted by Gasteiger charge is 2.59. The molecule has 0 aromatic heterocycles. The standard InChI is InChI=1S/C15H22O3/c1-8-5-4-6-15(3)11(16)7-10-9(2)14(17)18-13(10)12(8)15/h5,9-13,16H,4,6-7H2,1-3H3. The third-order valence-electron chi connectivity index (χ3n) is 5.62. The Morgan fingerprint density at radius 2 is 2.22 bits per heavy atom. The number of aliphatic hydroxyl groups excluding tert-OH is 1. The summed E-state index contributed by atoms with van der Waals surface area (Å²) < 4.78 is 5.64. The van der Waals surface area contributed by atoms with Crippen LogP contribution in [0, 0.1) is 23.2 Å². The van der Waals surface area contributed by atoms with Crippen LogP contribution < -0.4 is 0 Å². The van der Waals surface area contributed by atoms with Crippen molar-refractivity contribution < 1.29 is 14.6 Å². The van der Waals surface area contributed by atoms with E-state index in [1.807, 2.05) is 6.92 Å². The molecule has 1 saturated carbocycles. The van der Waals surface area contributed by atoms with E-state index in [9.17, 15) is 9.90 Å². The van der Waals surface area contributed by atoms with Crippen molar-refractivity contribution in [2.45, 2.75) is 52.2 Å². The van der Waals surface area contributed by atoms with Gasteiger partial charge in [0.05, 0.1) is 12.0 Å². The molecule has 2 aliphatic carbocycles. The van der Waals surface area contributed by atoms with E-state index in [-0.39, 0.29) is 41.3 Å². The number of rotatable bonds is 0. The summed E-state index contributed by atoms with van der Waals surface area (Å²) in [6.07, 6.45) is 4.64. The van der Waals surface area contributed by atoms with Crippen LogP contribution in [0.15, 0.2) is 11.6 Å². The number of esters is 1. The summed E-state index contributed by atoms with van der Waals surface area (Å²) in [6.45, 7) is 6.21. The summed E-state index contributed by atoms with van der Waals surface area (Å²) in [5, 5.41) is 10.5. The van der Waals surface area contributed by atoms with Gasteiger partial charge in [0.2, 0.25) is 0 Å². The molecule has 3 heteroatoms. The van der Waals surface area contributed by atoms with E-state index < -0.39 is 0 Å². The first-order valence-corrected chi connectivity index (χ1v) is 7.00. The highest BCUT2D eigenvalue weighted by Crippen LogP contribution is 2.56. The van der Waals surface area contributed by atoms with Gasteiger partial charge in [-0.05, 0) is 26.2 Å². The first-order valence-electron chi connectivity index (χ1n) is 7.00. The van der Waals surface area contributed by atoms with Gasteiger partial charge in [-0.25, -0.2) is 0 Å². The molecule has 6 atom stereocenters. The number of carbonyl (C=O) groups is 1. The fraction of sp³-hybridized carbons (Fsp3) is 0.800. The first-order chi connectivity index (χ1) is 8.45. The fourth-order valence-electron chi connectivity index (χ4n) is 4.39. The Balaban J connectivity index is 2.03. The Kier molecular flexibility index (Phi) is 2.60. The van der Waals surface area contributed by atoms with Crippen molar-refractivity contribution in [3.63, 3.8) is 0 Å². The lowest BCUT2D eigenvalue weighted by Gasteiger charge is -2.52. The Morgan fingerprint density at radius 1 is 1.50 bits per heavy atom. The lowest BCUT2D eigenvalue weighted by atomic mass is 9.54. The number of hydrogen-bond acceptors (Lipinski definition) is 3. The second kappa shape index (κ2) is 3.83. The van der Waals surface area contributed by atoms with Gasteiger partial charge in [0.25, 0.3) is 0 Å². The van der Waals surface area contributed by atoms with Crippen molar-refractivity contribution >= 4 is 5.97 Å². The molecule has 0 bridgehead atoms. The second-order valence-corrected chi connectivity index (χ2v) is 6.58. The minimum Gasteiger partial charge on any atom is -0.461 e. The Labute approximate surface area is 108 Å². The molecule has 6 unspecified atom stereocenters. The summed E-state index contributed by atoms with van der Waals surface area (Å²) >= 11 is 0. The highest BCUT2D eigenvalue weighted by molar-refractivity contribution is 5.75. The maximum Gasteiger partial charge on any atom is 0.309 e. The molecule has 0 radical (unpaired) electrons. The third kappa shape index (κ3) is 1.43. The average molecular weight is 250 g/mol. The SMILES string of the molecule is CC1=CCCC2(C)C(O)CC3C(C)C(=O)OC3C12. The van der Waals surface area contributed by atoms with Crippen molar-refractivity contribution in [2.24, 2.45) is 23.2 Å². The van der Waals surface area contributed by atoms with Gasteiger partial charge in [-0.2, -0.15) is 0 Å². The quantitative estimate of drug-likeness (QED) is 0.530. The van der Waals surface area contributed by atoms with Crippen LogP contribution in [0.5, 0.6) is 0 Å². The van der Waals surface area contributed by atoms with Crippen molar-refractivity contribution in [1.29, 1.82) is 0 Å². The fourth-order valence-corrected chi connectivity index (χ4v) is 4.39. The highest BCUT2D eigenvalue weighted by atomic mass is 16.6. The molecule has 1 aliphatic heterocycles. The van der Waals surface area contributed by atoms with Crippen molar-refractivity contribution in [3.8, 4) is 0 Å². The van der Waals surface area contributed by atoms with Crippen molar-refractivity contribution in [2.75, 3.05) is 0 Å². The lowest BCUT2D eigenvalue weighted by Crippen LogP contribution is -2.54. The van der Waals surface area contributed by atoms with Gasteiger partial charge in [-0.15, -0.1) is 0 Å². The topological polar surface area (TPSA) is 46.5 Å². The predicted molar refractivity (Wildman–Crippen MR) is 67.7 cm³/mol. The van der Waals surface area contributed by atoms with Gasteiger partial charge in [0.1, 0.15) is 6.10 Å². The summed E-state index contributed by atoms with van der Waals surface area (Å²) in [7, 11) is 0.